The number of nitrogens with zero attached hydrogens (tertiary/aromatic N) is 2. The molecule has 0 amide bonds. The lowest BCUT2D eigenvalue weighted by Crippen LogP contribution is -2.37. The zero-order valence-corrected chi connectivity index (χ0v) is 31.3. The highest BCUT2D eigenvalue weighted by Gasteiger charge is 2.49. The molecule has 0 aliphatic rings. The van der Waals surface area contributed by atoms with Crippen LogP contribution in [-0.2, 0) is 33.8 Å². The van der Waals surface area contributed by atoms with Crippen molar-refractivity contribution in [2.75, 3.05) is 0 Å². The minimum absolute atomic E-state index is 0.0387. The van der Waals surface area contributed by atoms with Crippen molar-refractivity contribution >= 4 is 43.9 Å². The summed E-state index contributed by atoms with van der Waals surface area (Å²) in [4.78, 5) is 30.8. The predicted molar refractivity (Wildman–Crippen MR) is 190 cm³/mol. The molecule has 2 aromatic heterocycles. The normalized spacial score (nSPS) is 12.6. The summed E-state index contributed by atoms with van der Waals surface area (Å²) in [6, 6.07) is 11.8. The van der Waals surface area contributed by atoms with Gasteiger partial charge in [-0.3, -0.25) is 0 Å². The molecule has 0 saturated carbocycles. The van der Waals surface area contributed by atoms with Crippen LogP contribution in [0.2, 0.25) is 0 Å². The Morgan fingerprint density at radius 3 is 1.76 bits per heavy atom. The molecule has 11 nitrogen and oxygen atoms in total. The lowest BCUT2D eigenvalue weighted by Gasteiger charge is -2.19. The Labute approximate surface area is 329 Å². The van der Waals surface area contributed by atoms with E-state index in [1.165, 1.54) is 34.9 Å². The maximum atomic E-state index is 14.0. The highest BCUT2D eigenvalue weighted by molar-refractivity contribution is 7.88. The number of ether oxygens (including phenoxy) is 1. The zero-order chi connectivity index (χ0) is 43.3. The summed E-state index contributed by atoms with van der Waals surface area (Å²) < 4.78 is 160. The van der Waals surface area contributed by atoms with Gasteiger partial charge in [-0.2, -0.15) is 52.5 Å². The van der Waals surface area contributed by atoms with E-state index in [-0.39, 0.29) is 41.5 Å². The average Bonchev–Trinajstić information content (AvgIpc) is 3.46. The summed E-state index contributed by atoms with van der Waals surface area (Å²) in [5, 5.41) is 18.2. The Balaban J connectivity index is 1.39. The lowest BCUT2D eigenvalue weighted by atomic mass is 10.00. The minimum atomic E-state index is -6.42. The van der Waals surface area contributed by atoms with Gasteiger partial charge in [-0.05, 0) is 37.1 Å². The molecule has 59 heavy (non-hydrogen) atoms. The molecule has 0 radical (unpaired) electrons. The monoisotopic (exact) mass is 865 g/mol. The summed E-state index contributed by atoms with van der Waals surface area (Å²) in [5.74, 6) is -6.44. The number of pyridine rings is 1. The first-order valence-electron chi connectivity index (χ1n) is 17.8. The fourth-order valence-electron chi connectivity index (χ4n) is 6.35. The van der Waals surface area contributed by atoms with Crippen LogP contribution in [0.15, 0.2) is 72.8 Å². The van der Waals surface area contributed by atoms with Crippen LogP contribution in [0.5, 0.6) is 23.3 Å². The number of carbonyl (C=O) groups excluding carboxylic acids is 2. The van der Waals surface area contributed by atoms with E-state index >= 15 is 0 Å². The van der Waals surface area contributed by atoms with E-state index in [4.69, 9.17) is 9.57 Å². The number of fused-ring (bicyclic) bond motifs is 2. The standard InChI is InChI=1S/C38H33F9N2O9S/c39-36(40,41)24-14-11-15-25(37(42,43)44)34(24)56-35(53)32-23-13-8-9-16-26(23)48(27-17-12-18-28(33(27)32)58-59(54,55)38(45,46)47)22-10-6-4-2-1-3-5-7-19-31(52)57-49-29(50)20-21-30(49)51/h8-9,11-18,20-21,53H,1-7,10,19,22H2/p+1. The Morgan fingerprint density at radius 2 is 1.19 bits per heavy atom. The van der Waals surface area contributed by atoms with Gasteiger partial charge in [0.2, 0.25) is 22.8 Å². The SMILES string of the molecule is O=C(CCCCCCCCCC[n+]1c2ccccc2c(C(=O)Oc2c(C(F)(F)F)cccc2C(F)(F)F)c2c(OS(=O)(=O)C(F)(F)F)cccc21)On1c(O)ccc1O. The molecule has 0 aliphatic carbocycles. The number of unbranched alkanes of at least 4 members (excludes halogenated alkanes) is 7. The van der Waals surface area contributed by atoms with Gasteiger partial charge >= 0.3 is 39.9 Å². The van der Waals surface area contributed by atoms with E-state index in [2.05, 4.69) is 4.18 Å². The Bertz CT molecular complexity index is 2390. The van der Waals surface area contributed by atoms with Crippen molar-refractivity contribution in [2.45, 2.75) is 82.2 Å². The Morgan fingerprint density at radius 1 is 0.661 bits per heavy atom. The summed E-state index contributed by atoms with van der Waals surface area (Å²) >= 11 is 0. The molecule has 0 aliphatic heterocycles. The first-order chi connectivity index (χ1) is 27.6. The summed E-state index contributed by atoms with van der Waals surface area (Å²) in [6.45, 7) is 0.103. The highest BCUT2D eigenvalue weighted by atomic mass is 32.2. The molecule has 318 valence electrons. The third-order valence-corrected chi connectivity index (χ3v) is 9.99. The van der Waals surface area contributed by atoms with Gasteiger partial charge in [0.1, 0.15) is 11.9 Å². The van der Waals surface area contributed by atoms with Gasteiger partial charge in [-0.1, -0.05) is 56.4 Å². The molecular weight excluding hydrogens is 831 g/mol. The summed E-state index contributed by atoms with van der Waals surface area (Å²) in [6.07, 6.45) is -5.72. The van der Waals surface area contributed by atoms with Crippen LogP contribution in [0.3, 0.4) is 0 Å². The minimum Gasteiger partial charge on any atom is -0.492 e. The Kier molecular flexibility index (Phi) is 13.3. The number of aromatic hydroxyl groups is 2. The number of halogens is 9. The van der Waals surface area contributed by atoms with Gasteiger partial charge in [0.25, 0.3) is 0 Å². The molecule has 2 N–H and O–H groups in total. The fourth-order valence-corrected chi connectivity index (χ4v) is 6.82. The maximum Gasteiger partial charge on any atom is 0.534 e. The molecule has 0 bridgehead atoms. The number of esters is 1. The number of hydrogen-bond donors (Lipinski definition) is 2. The van der Waals surface area contributed by atoms with Crippen molar-refractivity contribution in [1.82, 2.24) is 4.73 Å². The van der Waals surface area contributed by atoms with Crippen LogP contribution in [0.4, 0.5) is 39.5 Å². The van der Waals surface area contributed by atoms with Crippen molar-refractivity contribution < 1.29 is 86.1 Å². The summed E-state index contributed by atoms with van der Waals surface area (Å²) in [5.41, 5.74) is -10.8. The van der Waals surface area contributed by atoms with E-state index in [0.29, 0.717) is 42.9 Å². The van der Waals surface area contributed by atoms with Gasteiger partial charge in [-0.15, -0.1) is 4.73 Å². The molecule has 21 heteroatoms. The van der Waals surface area contributed by atoms with Crippen molar-refractivity contribution in [3.8, 4) is 23.3 Å². The second kappa shape index (κ2) is 17.6. The van der Waals surface area contributed by atoms with Crippen LogP contribution in [0.1, 0.15) is 79.3 Å². The van der Waals surface area contributed by atoms with Crippen LogP contribution >= 0.6 is 0 Å². The summed E-state index contributed by atoms with van der Waals surface area (Å²) in [7, 11) is -6.42. The van der Waals surface area contributed by atoms with E-state index < -0.39 is 85.3 Å². The fraction of sp³-hybridized carbons (Fsp3) is 0.342. The number of aryl methyl sites for hydroxylation is 1. The molecule has 0 atom stereocenters. The molecule has 0 spiro atoms. The van der Waals surface area contributed by atoms with Crippen molar-refractivity contribution in [2.24, 2.45) is 0 Å². The highest BCUT2D eigenvalue weighted by Crippen LogP contribution is 2.45. The molecule has 0 fully saturated rings. The van der Waals surface area contributed by atoms with Gasteiger partial charge in [0, 0.05) is 37.1 Å². The van der Waals surface area contributed by atoms with Crippen molar-refractivity contribution in [3.05, 3.63) is 89.5 Å². The van der Waals surface area contributed by atoms with Gasteiger partial charge in [0.05, 0.1) is 22.1 Å². The quantitative estimate of drug-likeness (QED) is 0.0145. The first-order valence-corrected chi connectivity index (χ1v) is 19.2. The average molecular weight is 866 g/mol. The number of carbonyl (C=O) groups is 2. The van der Waals surface area contributed by atoms with Gasteiger partial charge in [0.15, 0.2) is 11.5 Å². The molecule has 0 unspecified atom stereocenters. The van der Waals surface area contributed by atoms with E-state index in [1.54, 1.807) is 0 Å². The zero-order valence-electron chi connectivity index (χ0n) is 30.5. The predicted octanol–water partition coefficient (Wildman–Crippen LogP) is 9.14. The molecule has 5 aromatic rings. The van der Waals surface area contributed by atoms with E-state index in [1.807, 2.05) is 0 Å². The number of para-hydroxylation sites is 2. The smallest absolute Gasteiger partial charge is 0.492 e. The Hall–Kier alpha value is -5.73. The maximum absolute atomic E-state index is 14.0. The van der Waals surface area contributed by atoms with Crippen molar-refractivity contribution in [3.63, 3.8) is 0 Å². The van der Waals surface area contributed by atoms with Crippen LogP contribution in [-0.4, -0.2) is 40.8 Å². The van der Waals surface area contributed by atoms with Crippen LogP contribution < -0.4 is 18.3 Å². The van der Waals surface area contributed by atoms with Gasteiger partial charge < -0.3 is 24.0 Å². The molecular formula is C38H34F9N2O9S+. The second-order valence-electron chi connectivity index (χ2n) is 13.1. The number of aromatic nitrogens is 2. The van der Waals surface area contributed by atoms with Crippen molar-refractivity contribution in [1.29, 1.82) is 0 Å². The number of benzene rings is 3. The van der Waals surface area contributed by atoms with Crippen LogP contribution in [0.25, 0.3) is 21.8 Å². The molecule has 5 rings (SSSR count). The van der Waals surface area contributed by atoms with E-state index in [0.717, 1.165) is 43.5 Å². The third-order valence-electron chi connectivity index (χ3n) is 9.02. The van der Waals surface area contributed by atoms with Gasteiger partial charge in [-0.25, -0.2) is 9.59 Å². The third kappa shape index (κ3) is 10.3. The first kappa shape index (κ1) is 44.4. The molecule has 3 aromatic carbocycles. The lowest BCUT2D eigenvalue weighted by molar-refractivity contribution is -0.645. The van der Waals surface area contributed by atoms with E-state index in [9.17, 15) is 67.7 Å². The van der Waals surface area contributed by atoms with Crippen LogP contribution in [0, 0.1) is 0 Å². The number of rotatable bonds is 16. The second-order valence-corrected chi connectivity index (χ2v) is 14.7. The largest absolute Gasteiger partial charge is 0.534 e. The number of hydrogen-bond acceptors (Lipinski definition) is 9. The molecule has 2 heterocycles. The number of alkyl halides is 9. The topological polar surface area (TPSA) is 145 Å². The molecule has 0 saturated heterocycles.